The number of hydrogen-bond acceptors (Lipinski definition) is 5. The molecule has 1 unspecified atom stereocenters. The van der Waals surface area contributed by atoms with E-state index in [1.54, 1.807) is 0 Å². The fraction of sp³-hybridized carbons (Fsp3) is 0.545. The van der Waals surface area contributed by atoms with E-state index in [2.05, 4.69) is 10.3 Å². The van der Waals surface area contributed by atoms with E-state index in [1.807, 2.05) is 61.7 Å². The normalized spacial score (nSPS) is 16.7. The van der Waals surface area contributed by atoms with Crippen molar-refractivity contribution in [3.63, 3.8) is 0 Å². The average molecular weight is 470 g/mol. The molecule has 2 aromatic rings. The van der Waals surface area contributed by atoms with Crippen LogP contribution in [-0.4, -0.2) is 56.1 Å². The number of alkyl halides is 3. The van der Waals surface area contributed by atoms with E-state index in [0.717, 1.165) is 54.9 Å². The van der Waals surface area contributed by atoms with Gasteiger partial charge in [0, 0.05) is 25.2 Å². The second kappa shape index (κ2) is 10.3. The number of aliphatic carboxylic acids is 1. The van der Waals surface area contributed by atoms with Gasteiger partial charge in [0.15, 0.2) is 0 Å². The van der Waals surface area contributed by atoms with Gasteiger partial charge in [0.25, 0.3) is 5.91 Å². The molecule has 0 aliphatic carbocycles. The maximum Gasteiger partial charge on any atom is 0.490 e. The Morgan fingerprint density at radius 2 is 1.88 bits per heavy atom. The monoisotopic (exact) mass is 469 g/mol. The molecule has 1 fully saturated rings. The minimum Gasteiger partial charge on any atom is -0.475 e. The number of carboxylic acids is 1. The van der Waals surface area contributed by atoms with E-state index in [-0.39, 0.29) is 5.91 Å². The first kappa shape index (κ1) is 26.3. The second-order valence-corrected chi connectivity index (χ2v) is 8.86. The number of nitrogens with zero attached hydrogens (tertiary/aromatic N) is 4. The molecule has 0 radical (unpaired) electrons. The van der Waals surface area contributed by atoms with Crippen LogP contribution in [0, 0.1) is 19.8 Å². The highest BCUT2D eigenvalue weighted by molar-refractivity contribution is 5.96. The summed E-state index contributed by atoms with van der Waals surface area (Å²) in [6.07, 6.45) is -1.05. The number of carbonyl (C=O) groups is 2. The molecule has 2 heterocycles. The highest BCUT2D eigenvalue weighted by atomic mass is 19.4. The van der Waals surface area contributed by atoms with Crippen molar-refractivity contribution in [2.24, 2.45) is 11.7 Å². The van der Waals surface area contributed by atoms with Gasteiger partial charge < -0.3 is 15.7 Å². The Morgan fingerprint density at radius 1 is 1.24 bits per heavy atom. The van der Waals surface area contributed by atoms with Gasteiger partial charge in [-0.15, -0.1) is 5.10 Å². The molecule has 1 amide bonds. The first-order chi connectivity index (χ1) is 15.2. The number of aryl methyl sites for hydroxylation is 1. The molecular weight excluding hydrogens is 439 g/mol. The molecule has 0 bridgehead atoms. The Bertz CT molecular complexity index is 982. The summed E-state index contributed by atoms with van der Waals surface area (Å²) in [7, 11) is 0. The first-order valence-electron chi connectivity index (χ1n) is 10.5. The highest BCUT2D eigenvalue weighted by Gasteiger charge is 2.38. The quantitative estimate of drug-likeness (QED) is 0.710. The molecule has 33 heavy (non-hydrogen) atoms. The summed E-state index contributed by atoms with van der Waals surface area (Å²) in [6.45, 7) is 10.3. The highest BCUT2D eigenvalue weighted by Crippen LogP contribution is 2.23. The van der Waals surface area contributed by atoms with Crippen LogP contribution in [0.15, 0.2) is 24.4 Å². The number of nitrogens with two attached hydrogens (primary N) is 1. The van der Waals surface area contributed by atoms with Gasteiger partial charge in [-0.3, -0.25) is 9.48 Å². The molecule has 1 saturated heterocycles. The lowest BCUT2D eigenvalue weighted by molar-refractivity contribution is -0.192. The molecule has 0 spiro atoms. The number of rotatable bonds is 4. The van der Waals surface area contributed by atoms with Crippen LogP contribution in [0.1, 0.15) is 53.9 Å². The van der Waals surface area contributed by atoms with Gasteiger partial charge >= 0.3 is 12.1 Å². The lowest BCUT2D eigenvalue weighted by Crippen LogP contribution is -2.41. The summed E-state index contributed by atoms with van der Waals surface area (Å²) in [5, 5.41) is 15.5. The number of carbonyl (C=O) groups excluding carboxylic acids is 1. The minimum atomic E-state index is -5.08. The van der Waals surface area contributed by atoms with Crippen molar-refractivity contribution in [1.82, 2.24) is 19.9 Å². The lowest BCUT2D eigenvalue weighted by Gasteiger charge is -2.33. The Hall–Kier alpha value is -2.95. The van der Waals surface area contributed by atoms with Gasteiger partial charge in [-0.05, 0) is 63.6 Å². The van der Waals surface area contributed by atoms with Crippen molar-refractivity contribution in [2.75, 3.05) is 13.1 Å². The number of carboxylic acid groups (broad SMARTS) is 1. The van der Waals surface area contributed by atoms with Crippen molar-refractivity contribution in [1.29, 1.82) is 0 Å². The molecule has 11 heteroatoms. The lowest BCUT2D eigenvalue weighted by atomic mass is 9.96. The van der Waals surface area contributed by atoms with Crippen molar-refractivity contribution in [3.8, 4) is 0 Å². The molecule has 182 valence electrons. The second-order valence-electron chi connectivity index (χ2n) is 8.86. The zero-order chi connectivity index (χ0) is 25.0. The Kier molecular flexibility index (Phi) is 8.23. The van der Waals surface area contributed by atoms with Crippen LogP contribution < -0.4 is 5.73 Å². The smallest absolute Gasteiger partial charge is 0.475 e. The molecule has 3 N–H and O–H groups in total. The van der Waals surface area contributed by atoms with Crippen molar-refractivity contribution in [3.05, 3.63) is 46.8 Å². The van der Waals surface area contributed by atoms with Crippen LogP contribution in [0.25, 0.3) is 0 Å². The third-order valence-corrected chi connectivity index (χ3v) is 5.53. The number of halogens is 3. The number of likely N-dealkylation sites (tertiary alicyclic amines) is 1. The summed E-state index contributed by atoms with van der Waals surface area (Å²) in [5.74, 6) is -2.24. The molecule has 1 aliphatic heterocycles. The van der Waals surface area contributed by atoms with E-state index >= 15 is 0 Å². The fourth-order valence-corrected chi connectivity index (χ4v) is 3.50. The van der Waals surface area contributed by atoms with Crippen molar-refractivity contribution >= 4 is 11.9 Å². The number of piperidine rings is 1. The van der Waals surface area contributed by atoms with Gasteiger partial charge in [0.1, 0.15) is 5.69 Å². The largest absolute Gasteiger partial charge is 0.490 e. The van der Waals surface area contributed by atoms with Crippen LogP contribution in [0.3, 0.4) is 0 Å². The van der Waals surface area contributed by atoms with Gasteiger partial charge in [-0.2, -0.15) is 13.2 Å². The fourth-order valence-electron chi connectivity index (χ4n) is 3.50. The van der Waals surface area contributed by atoms with Crippen LogP contribution in [0.5, 0.6) is 0 Å². The maximum absolute atomic E-state index is 13.0. The van der Waals surface area contributed by atoms with E-state index in [0.29, 0.717) is 5.92 Å². The number of aromatic nitrogens is 3. The standard InChI is InChI=1S/C20H29N5O.C2HF3O2/c1-14-7-5-9-17(15(14)2)19(26)24-10-6-8-16(11-24)12-25-13-18(22-23-25)20(3,4)21;3-2(4,5)1(6)7/h5,7,9,13,16H,6,8,10-12,21H2,1-4H3;(H,6,7). The average Bonchev–Trinajstić information content (AvgIpc) is 3.18. The van der Waals surface area contributed by atoms with Gasteiger partial charge in [-0.25, -0.2) is 4.79 Å². The van der Waals surface area contributed by atoms with Gasteiger partial charge in [0.2, 0.25) is 0 Å². The Labute approximate surface area is 190 Å². The molecule has 1 aromatic heterocycles. The van der Waals surface area contributed by atoms with Gasteiger partial charge in [0.05, 0.1) is 11.7 Å². The molecule has 1 atom stereocenters. The van der Waals surface area contributed by atoms with Crippen LogP contribution in [-0.2, 0) is 16.9 Å². The summed E-state index contributed by atoms with van der Waals surface area (Å²) in [4.78, 5) is 23.9. The number of amides is 1. The van der Waals surface area contributed by atoms with Crippen molar-refractivity contribution < 1.29 is 27.9 Å². The Balaban J connectivity index is 0.000000479. The third kappa shape index (κ3) is 7.28. The zero-order valence-electron chi connectivity index (χ0n) is 19.2. The van der Waals surface area contributed by atoms with Crippen LogP contribution in [0.4, 0.5) is 13.2 Å². The molecular formula is C22H30F3N5O3. The maximum atomic E-state index is 13.0. The van der Waals surface area contributed by atoms with E-state index in [1.165, 1.54) is 0 Å². The topological polar surface area (TPSA) is 114 Å². The summed E-state index contributed by atoms with van der Waals surface area (Å²) >= 11 is 0. The Morgan fingerprint density at radius 3 is 2.42 bits per heavy atom. The van der Waals surface area contributed by atoms with Crippen LogP contribution >= 0.6 is 0 Å². The predicted octanol–water partition coefficient (Wildman–Crippen LogP) is 3.27. The minimum absolute atomic E-state index is 0.137. The number of hydrogen-bond donors (Lipinski definition) is 2. The van der Waals surface area contributed by atoms with E-state index in [9.17, 15) is 18.0 Å². The van der Waals surface area contributed by atoms with Crippen molar-refractivity contribution in [2.45, 2.75) is 58.8 Å². The van der Waals surface area contributed by atoms with E-state index in [4.69, 9.17) is 15.6 Å². The first-order valence-corrected chi connectivity index (χ1v) is 10.5. The van der Waals surface area contributed by atoms with Gasteiger partial charge in [-0.1, -0.05) is 17.3 Å². The zero-order valence-corrected chi connectivity index (χ0v) is 19.2. The van der Waals surface area contributed by atoms with Crippen LogP contribution in [0.2, 0.25) is 0 Å². The predicted molar refractivity (Wildman–Crippen MR) is 115 cm³/mol. The molecule has 3 rings (SSSR count). The third-order valence-electron chi connectivity index (χ3n) is 5.53. The molecule has 1 aromatic carbocycles. The summed E-state index contributed by atoms with van der Waals surface area (Å²) in [5.41, 5.74) is 9.43. The van der Waals surface area contributed by atoms with E-state index < -0.39 is 17.7 Å². The molecule has 8 nitrogen and oxygen atoms in total. The number of benzene rings is 1. The molecule has 1 aliphatic rings. The molecule has 0 saturated carbocycles. The summed E-state index contributed by atoms with van der Waals surface area (Å²) < 4.78 is 33.6. The SMILES string of the molecule is Cc1cccc(C(=O)N2CCCC(Cn3cc(C(C)(C)N)nn3)C2)c1C.O=C(O)C(F)(F)F. The summed E-state index contributed by atoms with van der Waals surface area (Å²) in [6, 6.07) is 5.94.